The molecule has 0 aromatic heterocycles. The number of likely N-dealkylation sites (tertiary alicyclic amines) is 1. The molecule has 3 atom stereocenters. The van der Waals surface area contributed by atoms with Gasteiger partial charge in [0, 0.05) is 30.9 Å². The molecule has 2 amide bonds. The maximum absolute atomic E-state index is 13.4. The number of alkyl halides is 2. The quantitative estimate of drug-likeness (QED) is 0.825. The van der Waals surface area contributed by atoms with Crippen molar-refractivity contribution in [2.24, 2.45) is 11.8 Å². The van der Waals surface area contributed by atoms with Gasteiger partial charge in [-0.3, -0.25) is 0 Å². The molecule has 132 valence electrons. The van der Waals surface area contributed by atoms with Crippen LogP contribution in [0.25, 0.3) is 0 Å². The summed E-state index contributed by atoms with van der Waals surface area (Å²) < 4.78 is 52.1. The Labute approximate surface area is 137 Å². The van der Waals surface area contributed by atoms with E-state index in [4.69, 9.17) is 0 Å². The van der Waals surface area contributed by atoms with Gasteiger partial charge in [-0.2, -0.15) is 0 Å². The fraction of sp³-hybridized carbons (Fsp3) is 0.562. The second-order valence-electron chi connectivity index (χ2n) is 6.59. The van der Waals surface area contributed by atoms with E-state index in [-0.39, 0.29) is 11.7 Å². The van der Waals surface area contributed by atoms with Gasteiger partial charge in [-0.05, 0) is 37.8 Å². The summed E-state index contributed by atoms with van der Waals surface area (Å²) >= 11 is 0. The van der Waals surface area contributed by atoms with Gasteiger partial charge in [-0.1, -0.05) is 0 Å². The van der Waals surface area contributed by atoms with Crippen LogP contribution in [0.5, 0.6) is 0 Å². The number of anilines is 1. The number of halogens is 4. The molecule has 1 saturated carbocycles. The van der Waals surface area contributed by atoms with Crippen LogP contribution in [0.1, 0.15) is 24.8 Å². The van der Waals surface area contributed by atoms with Crippen molar-refractivity contribution in [1.82, 2.24) is 10.2 Å². The maximum Gasteiger partial charge on any atom is 0.319 e. The van der Waals surface area contributed by atoms with Crippen molar-refractivity contribution in [1.29, 1.82) is 0 Å². The van der Waals surface area contributed by atoms with Crippen LogP contribution in [0.3, 0.4) is 0 Å². The summed E-state index contributed by atoms with van der Waals surface area (Å²) in [6.07, 6.45) is -1.27. The van der Waals surface area contributed by atoms with Gasteiger partial charge in [-0.25, -0.2) is 22.4 Å². The van der Waals surface area contributed by atoms with Gasteiger partial charge in [-0.15, -0.1) is 0 Å². The van der Waals surface area contributed by atoms with Crippen molar-refractivity contribution in [3.63, 3.8) is 0 Å². The van der Waals surface area contributed by atoms with Crippen LogP contribution in [0.2, 0.25) is 0 Å². The highest BCUT2D eigenvalue weighted by atomic mass is 19.3. The SMILES string of the molecule is CN1CC2CCC(NC(=O)Nc3cc(F)c(F)c(C(F)F)c3)C2C1. The molecule has 0 spiro atoms. The van der Waals surface area contributed by atoms with Crippen molar-refractivity contribution >= 4 is 11.7 Å². The summed E-state index contributed by atoms with van der Waals surface area (Å²) in [6.45, 7) is 1.90. The summed E-state index contributed by atoms with van der Waals surface area (Å²) in [5.74, 6) is -2.10. The van der Waals surface area contributed by atoms with Gasteiger partial charge in [0.1, 0.15) is 0 Å². The lowest BCUT2D eigenvalue weighted by Crippen LogP contribution is -2.41. The number of amides is 2. The zero-order chi connectivity index (χ0) is 17.4. The maximum atomic E-state index is 13.4. The van der Waals surface area contributed by atoms with E-state index in [2.05, 4.69) is 15.5 Å². The van der Waals surface area contributed by atoms with Gasteiger partial charge in [0.05, 0.1) is 5.56 Å². The number of rotatable bonds is 3. The zero-order valence-corrected chi connectivity index (χ0v) is 13.2. The zero-order valence-electron chi connectivity index (χ0n) is 13.2. The Balaban J connectivity index is 1.65. The predicted octanol–water partition coefficient (Wildman–Crippen LogP) is 3.36. The number of nitrogens with zero attached hydrogens (tertiary/aromatic N) is 1. The minimum absolute atomic E-state index is 0.000172. The molecule has 3 rings (SSSR count). The Morgan fingerprint density at radius 1 is 1.25 bits per heavy atom. The van der Waals surface area contributed by atoms with E-state index in [1.807, 2.05) is 7.05 Å². The normalized spacial score (nSPS) is 26.7. The summed E-state index contributed by atoms with van der Waals surface area (Å²) in [4.78, 5) is 14.3. The minimum Gasteiger partial charge on any atom is -0.335 e. The monoisotopic (exact) mass is 345 g/mol. The second-order valence-corrected chi connectivity index (χ2v) is 6.59. The molecule has 0 bridgehead atoms. The van der Waals surface area contributed by atoms with Crippen LogP contribution < -0.4 is 10.6 Å². The lowest BCUT2D eigenvalue weighted by molar-refractivity contribution is 0.145. The summed E-state index contributed by atoms with van der Waals surface area (Å²) in [5, 5.41) is 5.14. The Bertz CT molecular complexity index is 640. The van der Waals surface area contributed by atoms with Crippen LogP contribution >= 0.6 is 0 Å². The van der Waals surface area contributed by atoms with Crippen molar-refractivity contribution < 1.29 is 22.4 Å². The molecule has 1 saturated heterocycles. The summed E-state index contributed by atoms with van der Waals surface area (Å²) in [5.41, 5.74) is -1.26. The molecule has 2 fully saturated rings. The summed E-state index contributed by atoms with van der Waals surface area (Å²) in [7, 11) is 2.03. The predicted molar refractivity (Wildman–Crippen MR) is 81.0 cm³/mol. The molecule has 24 heavy (non-hydrogen) atoms. The molecule has 2 N–H and O–H groups in total. The third kappa shape index (κ3) is 3.33. The number of fused-ring (bicyclic) bond motifs is 1. The number of hydrogen-bond donors (Lipinski definition) is 2. The molecule has 1 aliphatic heterocycles. The van der Waals surface area contributed by atoms with Crippen molar-refractivity contribution in [2.75, 3.05) is 25.5 Å². The van der Waals surface area contributed by atoms with E-state index in [1.54, 1.807) is 0 Å². The van der Waals surface area contributed by atoms with Crippen LogP contribution in [-0.2, 0) is 0 Å². The Morgan fingerprint density at radius 3 is 2.71 bits per heavy atom. The fourth-order valence-corrected chi connectivity index (χ4v) is 3.84. The number of carbonyl (C=O) groups is 1. The van der Waals surface area contributed by atoms with Crippen molar-refractivity contribution in [3.8, 4) is 0 Å². The molecular weight excluding hydrogens is 326 g/mol. The number of urea groups is 1. The second kappa shape index (κ2) is 6.58. The highest BCUT2D eigenvalue weighted by Crippen LogP contribution is 2.37. The van der Waals surface area contributed by atoms with Gasteiger partial charge in [0.25, 0.3) is 6.43 Å². The van der Waals surface area contributed by atoms with E-state index >= 15 is 0 Å². The van der Waals surface area contributed by atoms with Crippen LogP contribution in [0.4, 0.5) is 28.0 Å². The lowest BCUT2D eigenvalue weighted by atomic mass is 9.98. The van der Waals surface area contributed by atoms with Crippen molar-refractivity contribution in [3.05, 3.63) is 29.3 Å². The first-order valence-electron chi connectivity index (χ1n) is 7.88. The fourth-order valence-electron chi connectivity index (χ4n) is 3.84. The topological polar surface area (TPSA) is 44.4 Å². The van der Waals surface area contributed by atoms with Crippen molar-refractivity contribution in [2.45, 2.75) is 25.3 Å². The first kappa shape index (κ1) is 17.0. The van der Waals surface area contributed by atoms with E-state index < -0.39 is 29.7 Å². The standard InChI is InChI=1S/C16H19F4N3O/c1-23-6-8-2-3-13(11(8)7-23)22-16(24)21-9-4-10(15(19)20)14(18)12(17)5-9/h4-5,8,11,13,15H,2-3,6-7H2,1H3,(H2,21,22,24). The van der Waals surface area contributed by atoms with Gasteiger partial charge in [0.15, 0.2) is 11.6 Å². The molecule has 0 radical (unpaired) electrons. The molecule has 3 unspecified atom stereocenters. The molecule has 1 aliphatic carbocycles. The lowest BCUT2D eigenvalue weighted by Gasteiger charge is -2.21. The molecule has 1 aromatic carbocycles. The highest BCUT2D eigenvalue weighted by molar-refractivity contribution is 5.89. The Kier molecular flexibility index (Phi) is 4.67. The smallest absolute Gasteiger partial charge is 0.319 e. The molecular formula is C16H19F4N3O. The van der Waals surface area contributed by atoms with Crippen LogP contribution in [0, 0.1) is 23.5 Å². The number of hydrogen-bond acceptors (Lipinski definition) is 2. The van der Waals surface area contributed by atoms with E-state index in [1.165, 1.54) is 0 Å². The average molecular weight is 345 g/mol. The Hall–Kier alpha value is -1.83. The van der Waals surface area contributed by atoms with E-state index in [0.29, 0.717) is 17.9 Å². The number of carbonyl (C=O) groups excluding carboxylic acids is 1. The molecule has 4 nitrogen and oxygen atoms in total. The number of nitrogens with one attached hydrogen (secondary N) is 2. The molecule has 1 aromatic rings. The first-order valence-corrected chi connectivity index (χ1v) is 7.88. The Morgan fingerprint density at radius 2 is 2.00 bits per heavy atom. The largest absolute Gasteiger partial charge is 0.335 e. The molecule has 2 aliphatic rings. The minimum atomic E-state index is -3.16. The number of benzene rings is 1. The molecule has 8 heteroatoms. The summed E-state index contributed by atoms with van der Waals surface area (Å²) in [6, 6.07) is 0.853. The van der Waals surface area contributed by atoms with Crippen LogP contribution in [0.15, 0.2) is 12.1 Å². The van der Waals surface area contributed by atoms with Crippen LogP contribution in [-0.4, -0.2) is 37.1 Å². The highest BCUT2D eigenvalue weighted by Gasteiger charge is 2.41. The first-order chi connectivity index (χ1) is 11.3. The average Bonchev–Trinajstić information content (AvgIpc) is 3.03. The molecule has 1 heterocycles. The van der Waals surface area contributed by atoms with Gasteiger partial charge in [0.2, 0.25) is 0 Å². The van der Waals surface area contributed by atoms with E-state index in [0.717, 1.165) is 32.0 Å². The van der Waals surface area contributed by atoms with Gasteiger partial charge < -0.3 is 15.5 Å². The third-order valence-electron chi connectivity index (χ3n) is 4.91. The van der Waals surface area contributed by atoms with Gasteiger partial charge >= 0.3 is 6.03 Å². The third-order valence-corrected chi connectivity index (χ3v) is 4.91. The van der Waals surface area contributed by atoms with E-state index in [9.17, 15) is 22.4 Å².